The normalized spacial score (nSPS) is 21.3. The van der Waals surface area contributed by atoms with E-state index >= 15 is 0 Å². The zero-order valence-corrected chi connectivity index (χ0v) is 9.20. The lowest BCUT2D eigenvalue weighted by atomic mass is 10.2. The highest BCUT2D eigenvalue weighted by atomic mass is 35.5. The maximum absolute atomic E-state index is 6.08. The van der Waals surface area contributed by atoms with Crippen molar-refractivity contribution in [3.8, 4) is 0 Å². The van der Waals surface area contributed by atoms with Crippen molar-refractivity contribution in [1.82, 2.24) is 9.55 Å². The summed E-state index contributed by atoms with van der Waals surface area (Å²) in [5.41, 5.74) is 2.22. The van der Waals surface area contributed by atoms with Gasteiger partial charge in [-0.15, -0.1) is 11.6 Å². The van der Waals surface area contributed by atoms with Crippen LogP contribution in [0.25, 0.3) is 11.0 Å². The highest BCUT2D eigenvalue weighted by Crippen LogP contribution is 2.27. The van der Waals surface area contributed by atoms with Crippen molar-refractivity contribution in [3.05, 3.63) is 24.3 Å². The number of nitrogens with one attached hydrogen (secondary N) is 1. The number of imidazole rings is 1. The van der Waals surface area contributed by atoms with Crippen LogP contribution in [-0.4, -0.2) is 21.0 Å². The van der Waals surface area contributed by atoms with Gasteiger partial charge in [0.05, 0.1) is 22.5 Å². The Balaban J connectivity index is 2.08. The van der Waals surface area contributed by atoms with Crippen molar-refractivity contribution in [3.63, 3.8) is 0 Å². The molecular formula is C11H12ClN3. The quantitative estimate of drug-likeness (QED) is 0.750. The van der Waals surface area contributed by atoms with Crippen LogP contribution in [0.3, 0.4) is 0 Å². The molecule has 0 bridgehead atoms. The van der Waals surface area contributed by atoms with Gasteiger partial charge in [-0.2, -0.15) is 0 Å². The number of anilines is 1. The van der Waals surface area contributed by atoms with Crippen molar-refractivity contribution in [1.29, 1.82) is 0 Å². The fraction of sp³-hybridized carbons (Fsp3) is 0.364. The van der Waals surface area contributed by atoms with Crippen molar-refractivity contribution in [2.75, 3.05) is 5.32 Å². The molecule has 1 aromatic carbocycles. The lowest BCUT2D eigenvalue weighted by Crippen LogP contribution is -2.25. The topological polar surface area (TPSA) is 29.9 Å². The number of para-hydroxylation sites is 2. The van der Waals surface area contributed by atoms with Crippen molar-refractivity contribution < 1.29 is 0 Å². The summed E-state index contributed by atoms with van der Waals surface area (Å²) in [7, 11) is 0. The highest BCUT2D eigenvalue weighted by molar-refractivity contribution is 6.21. The van der Waals surface area contributed by atoms with Crippen LogP contribution < -0.4 is 5.32 Å². The molecule has 2 heterocycles. The maximum atomic E-state index is 6.08. The molecule has 1 aliphatic rings. The molecule has 3 nitrogen and oxygen atoms in total. The average molecular weight is 222 g/mol. The third-order valence-corrected chi connectivity index (χ3v) is 3.21. The second kappa shape index (κ2) is 3.14. The van der Waals surface area contributed by atoms with Crippen LogP contribution in [0, 0.1) is 0 Å². The van der Waals surface area contributed by atoms with Gasteiger partial charge in [0.25, 0.3) is 0 Å². The molecule has 0 aliphatic carbocycles. The Morgan fingerprint density at radius 3 is 3.13 bits per heavy atom. The molecule has 1 aliphatic heterocycles. The number of hydrogen-bond donors (Lipinski definition) is 1. The molecule has 2 atom stereocenters. The molecule has 0 saturated carbocycles. The van der Waals surface area contributed by atoms with E-state index in [1.54, 1.807) is 0 Å². The van der Waals surface area contributed by atoms with Crippen LogP contribution in [-0.2, 0) is 6.54 Å². The molecule has 0 spiro atoms. The van der Waals surface area contributed by atoms with Crippen molar-refractivity contribution >= 4 is 28.6 Å². The predicted octanol–water partition coefficient (Wildman–Crippen LogP) is 2.46. The number of rotatable bonds is 1. The monoisotopic (exact) mass is 221 g/mol. The Morgan fingerprint density at radius 1 is 1.53 bits per heavy atom. The summed E-state index contributed by atoms with van der Waals surface area (Å²) in [6.45, 7) is 2.91. The summed E-state index contributed by atoms with van der Waals surface area (Å²) < 4.78 is 2.19. The molecule has 78 valence electrons. The van der Waals surface area contributed by atoms with Crippen molar-refractivity contribution in [2.45, 2.75) is 24.9 Å². The molecular weight excluding hydrogens is 210 g/mol. The predicted molar refractivity (Wildman–Crippen MR) is 62.5 cm³/mol. The second-order valence-electron chi connectivity index (χ2n) is 3.96. The summed E-state index contributed by atoms with van der Waals surface area (Å²) in [5.74, 6) is 0.939. The number of hydrogen-bond acceptors (Lipinski definition) is 2. The Bertz CT molecular complexity index is 504. The maximum Gasteiger partial charge on any atom is 0.204 e. The van der Waals surface area contributed by atoms with Gasteiger partial charge in [0.15, 0.2) is 0 Å². The summed E-state index contributed by atoms with van der Waals surface area (Å²) in [6, 6.07) is 8.45. The zero-order chi connectivity index (χ0) is 10.4. The molecule has 0 radical (unpaired) electrons. The minimum atomic E-state index is 0.116. The van der Waals surface area contributed by atoms with Gasteiger partial charge >= 0.3 is 0 Å². The van der Waals surface area contributed by atoms with Crippen LogP contribution >= 0.6 is 11.6 Å². The molecule has 0 amide bonds. The van der Waals surface area contributed by atoms with Gasteiger partial charge < -0.3 is 9.88 Å². The molecule has 4 heteroatoms. The van der Waals surface area contributed by atoms with Crippen molar-refractivity contribution in [2.24, 2.45) is 0 Å². The zero-order valence-electron chi connectivity index (χ0n) is 8.44. The van der Waals surface area contributed by atoms with Gasteiger partial charge in [-0.1, -0.05) is 12.1 Å². The van der Waals surface area contributed by atoms with Gasteiger partial charge in [-0.05, 0) is 19.1 Å². The van der Waals surface area contributed by atoms with E-state index in [0.717, 1.165) is 18.0 Å². The molecule has 1 aromatic heterocycles. The molecule has 0 saturated heterocycles. The highest BCUT2D eigenvalue weighted by Gasteiger charge is 2.26. The van der Waals surface area contributed by atoms with E-state index in [4.69, 9.17) is 11.6 Å². The number of aromatic nitrogens is 2. The van der Waals surface area contributed by atoms with Gasteiger partial charge in [0, 0.05) is 6.54 Å². The second-order valence-corrected chi connectivity index (χ2v) is 4.65. The molecule has 2 aromatic rings. The standard InChI is InChI=1S/C11H12ClN3/c1-7(12)9-6-15-10-5-3-2-4-8(10)13-11(15)14-9/h2-5,7,9H,6H2,1H3,(H,13,14). The van der Waals surface area contributed by atoms with Crippen LogP contribution in [0.1, 0.15) is 6.92 Å². The molecule has 3 rings (SSSR count). The first kappa shape index (κ1) is 9.04. The number of benzene rings is 1. The smallest absolute Gasteiger partial charge is 0.204 e. The SMILES string of the molecule is CC(Cl)C1Cn2c(nc3ccccc32)N1. The Kier molecular flexibility index (Phi) is 1.89. The van der Waals surface area contributed by atoms with E-state index in [2.05, 4.69) is 20.9 Å². The van der Waals surface area contributed by atoms with Gasteiger partial charge in [-0.3, -0.25) is 0 Å². The molecule has 0 fully saturated rings. The van der Waals surface area contributed by atoms with E-state index in [0.29, 0.717) is 6.04 Å². The number of nitrogens with zero attached hydrogens (tertiary/aromatic N) is 2. The first-order valence-electron chi connectivity index (χ1n) is 5.11. The first-order valence-corrected chi connectivity index (χ1v) is 5.55. The number of alkyl halides is 1. The van der Waals surface area contributed by atoms with E-state index in [1.807, 2.05) is 25.1 Å². The average Bonchev–Trinajstić information content (AvgIpc) is 2.73. The lowest BCUT2D eigenvalue weighted by Gasteiger charge is -2.11. The Hall–Kier alpha value is -1.22. The summed E-state index contributed by atoms with van der Waals surface area (Å²) in [6.07, 6.45) is 0. The summed E-state index contributed by atoms with van der Waals surface area (Å²) in [4.78, 5) is 4.52. The van der Waals surface area contributed by atoms with E-state index in [9.17, 15) is 0 Å². The number of halogens is 1. The fourth-order valence-electron chi connectivity index (χ4n) is 2.04. The van der Waals surface area contributed by atoms with Gasteiger partial charge in [0.1, 0.15) is 0 Å². The third kappa shape index (κ3) is 1.30. The Morgan fingerprint density at radius 2 is 2.33 bits per heavy atom. The van der Waals surface area contributed by atoms with E-state index in [1.165, 1.54) is 5.52 Å². The van der Waals surface area contributed by atoms with E-state index < -0.39 is 0 Å². The summed E-state index contributed by atoms with van der Waals surface area (Å²) >= 11 is 6.08. The molecule has 15 heavy (non-hydrogen) atoms. The van der Waals surface area contributed by atoms with Gasteiger partial charge in [-0.25, -0.2) is 4.98 Å². The molecule has 2 unspecified atom stereocenters. The fourth-order valence-corrected chi connectivity index (χ4v) is 2.18. The Labute approximate surface area is 93.1 Å². The number of fused-ring (bicyclic) bond motifs is 3. The first-order chi connectivity index (χ1) is 7.25. The van der Waals surface area contributed by atoms with E-state index in [-0.39, 0.29) is 5.38 Å². The molecule has 1 N–H and O–H groups in total. The minimum absolute atomic E-state index is 0.116. The van der Waals surface area contributed by atoms with Gasteiger partial charge in [0.2, 0.25) is 5.95 Å². The summed E-state index contributed by atoms with van der Waals surface area (Å²) in [5, 5.41) is 3.46. The largest absolute Gasteiger partial charge is 0.350 e. The lowest BCUT2D eigenvalue weighted by molar-refractivity contribution is 0.649. The van der Waals surface area contributed by atoms with Crippen LogP contribution in [0.4, 0.5) is 5.95 Å². The minimum Gasteiger partial charge on any atom is -0.350 e. The third-order valence-electron chi connectivity index (χ3n) is 2.90. The van der Waals surface area contributed by atoms with Crippen LogP contribution in [0.2, 0.25) is 0 Å². The van der Waals surface area contributed by atoms with Crippen LogP contribution in [0.15, 0.2) is 24.3 Å². The van der Waals surface area contributed by atoms with Crippen LogP contribution in [0.5, 0.6) is 0 Å².